The van der Waals surface area contributed by atoms with Crippen molar-refractivity contribution in [2.45, 2.75) is 45.6 Å². The Hall–Kier alpha value is -3.48. The molecular formula is C26H30N4O3. The lowest BCUT2D eigenvalue weighted by Crippen LogP contribution is -2.42. The number of piperidine rings is 1. The minimum absolute atomic E-state index is 0.0342. The number of carbonyl (C=O) groups is 1. The highest BCUT2D eigenvalue weighted by Gasteiger charge is 2.26. The molecule has 1 aromatic carbocycles. The van der Waals surface area contributed by atoms with Crippen molar-refractivity contribution in [3.63, 3.8) is 0 Å². The fraction of sp³-hybridized carbons (Fsp3) is 0.385. The maximum atomic E-state index is 12.9. The van der Waals surface area contributed by atoms with Gasteiger partial charge >= 0.3 is 0 Å². The Labute approximate surface area is 194 Å². The Bertz CT molecular complexity index is 1200. The number of carbonyl (C=O) groups excluding carboxylic acids is 1. The first kappa shape index (κ1) is 22.7. The van der Waals surface area contributed by atoms with E-state index in [0.717, 1.165) is 42.0 Å². The van der Waals surface area contributed by atoms with Crippen LogP contribution in [0, 0.1) is 13.8 Å². The fourth-order valence-corrected chi connectivity index (χ4v) is 4.49. The third kappa shape index (κ3) is 5.48. The highest BCUT2D eigenvalue weighted by Crippen LogP contribution is 2.28. The number of aryl methyl sites for hydroxylation is 2. The minimum Gasteiger partial charge on any atom is -0.496 e. The summed E-state index contributed by atoms with van der Waals surface area (Å²) < 4.78 is 6.76. The van der Waals surface area contributed by atoms with E-state index in [1.165, 1.54) is 16.3 Å². The van der Waals surface area contributed by atoms with E-state index in [1.54, 1.807) is 13.2 Å². The molecule has 1 aliphatic rings. The van der Waals surface area contributed by atoms with E-state index in [9.17, 15) is 9.59 Å². The van der Waals surface area contributed by atoms with E-state index in [0.29, 0.717) is 18.8 Å². The van der Waals surface area contributed by atoms with Crippen LogP contribution in [-0.2, 0) is 17.8 Å². The van der Waals surface area contributed by atoms with Gasteiger partial charge in [0.15, 0.2) is 0 Å². The first-order valence-corrected chi connectivity index (χ1v) is 11.3. The lowest BCUT2D eigenvalue weighted by atomic mass is 9.92. The van der Waals surface area contributed by atoms with Gasteiger partial charge in [-0.1, -0.05) is 18.2 Å². The molecule has 1 fully saturated rings. The molecule has 1 amide bonds. The van der Waals surface area contributed by atoms with Gasteiger partial charge in [-0.15, -0.1) is 0 Å². The van der Waals surface area contributed by atoms with Crippen LogP contribution >= 0.6 is 0 Å². The molecule has 0 saturated carbocycles. The zero-order valence-electron chi connectivity index (χ0n) is 19.5. The molecule has 172 valence electrons. The van der Waals surface area contributed by atoms with Gasteiger partial charge in [-0.25, -0.2) is 4.68 Å². The predicted molar refractivity (Wildman–Crippen MR) is 127 cm³/mol. The molecule has 1 atom stereocenters. The normalized spacial score (nSPS) is 16.0. The first-order valence-electron chi connectivity index (χ1n) is 11.3. The Balaban J connectivity index is 1.50. The Kier molecular flexibility index (Phi) is 6.87. The van der Waals surface area contributed by atoms with Crippen molar-refractivity contribution in [2.24, 2.45) is 0 Å². The highest BCUT2D eigenvalue weighted by molar-refractivity contribution is 5.76. The van der Waals surface area contributed by atoms with Crippen LogP contribution in [0.5, 0.6) is 5.75 Å². The standard InChI is InChI=1S/C26H30N4O3/c1-18-10-11-25(31)30(28-18)17-26(32)29-12-6-8-22(16-29)23-15-20(13-19(2)27-23)14-21-7-4-5-9-24(21)33-3/h4-5,7,9-11,13,15,22H,6,8,12,14,16-17H2,1-3H3/t22-/m0/s1. The van der Waals surface area contributed by atoms with E-state index in [1.807, 2.05) is 36.9 Å². The summed E-state index contributed by atoms with van der Waals surface area (Å²) in [5.74, 6) is 0.964. The number of hydrogen-bond donors (Lipinski definition) is 0. The maximum absolute atomic E-state index is 12.9. The average Bonchev–Trinajstić information content (AvgIpc) is 2.81. The van der Waals surface area contributed by atoms with Gasteiger partial charge in [0.05, 0.1) is 12.8 Å². The van der Waals surface area contributed by atoms with Crippen LogP contribution in [0.1, 0.15) is 47.0 Å². The lowest BCUT2D eigenvalue weighted by Gasteiger charge is -2.33. The number of rotatable bonds is 6. The first-order chi connectivity index (χ1) is 15.9. The number of nitrogens with zero attached hydrogens (tertiary/aromatic N) is 4. The summed E-state index contributed by atoms with van der Waals surface area (Å²) in [5, 5.41) is 4.20. The monoisotopic (exact) mass is 446 g/mol. The Morgan fingerprint density at radius 2 is 1.94 bits per heavy atom. The number of para-hydroxylation sites is 1. The third-order valence-electron chi connectivity index (χ3n) is 6.10. The van der Waals surface area contributed by atoms with E-state index >= 15 is 0 Å². The number of pyridine rings is 1. The molecule has 3 heterocycles. The molecule has 0 radical (unpaired) electrons. The molecule has 0 bridgehead atoms. The summed E-state index contributed by atoms with van der Waals surface area (Å²) in [6.07, 6.45) is 2.65. The quantitative estimate of drug-likeness (QED) is 0.581. The average molecular weight is 447 g/mol. The van der Waals surface area contributed by atoms with Gasteiger partial charge < -0.3 is 9.64 Å². The van der Waals surface area contributed by atoms with Gasteiger partial charge in [-0.2, -0.15) is 5.10 Å². The summed E-state index contributed by atoms with van der Waals surface area (Å²) in [4.78, 5) is 31.7. The van der Waals surface area contributed by atoms with Crippen molar-refractivity contribution in [3.8, 4) is 5.75 Å². The van der Waals surface area contributed by atoms with Crippen molar-refractivity contribution < 1.29 is 9.53 Å². The molecule has 0 spiro atoms. The van der Waals surface area contributed by atoms with Gasteiger partial charge in [0.2, 0.25) is 5.91 Å². The van der Waals surface area contributed by atoms with Gasteiger partial charge in [0.1, 0.15) is 12.3 Å². The zero-order chi connectivity index (χ0) is 23.4. The Morgan fingerprint density at radius 1 is 1.12 bits per heavy atom. The van der Waals surface area contributed by atoms with E-state index in [2.05, 4.69) is 23.3 Å². The minimum atomic E-state index is -0.260. The molecular weight excluding hydrogens is 416 g/mol. The van der Waals surface area contributed by atoms with Crippen LogP contribution in [0.15, 0.2) is 53.3 Å². The molecule has 3 aromatic rings. The summed E-state index contributed by atoms with van der Waals surface area (Å²) in [6.45, 7) is 5.08. The number of benzene rings is 1. The van der Waals surface area contributed by atoms with Gasteiger partial charge in [-0.3, -0.25) is 14.6 Å². The zero-order valence-corrected chi connectivity index (χ0v) is 19.5. The molecule has 0 N–H and O–H groups in total. The molecule has 33 heavy (non-hydrogen) atoms. The number of likely N-dealkylation sites (tertiary alicyclic amines) is 1. The van der Waals surface area contributed by atoms with Gasteiger partial charge in [-0.05, 0) is 62.1 Å². The predicted octanol–water partition coefficient (Wildman–Crippen LogP) is 3.26. The van der Waals surface area contributed by atoms with Crippen LogP contribution in [0.3, 0.4) is 0 Å². The number of hydrogen-bond acceptors (Lipinski definition) is 5. The van der Waals surface area contributed by atoms with Crippen molar-refractivity contribution in [2.75, 3.05) is 20.2 Å². The second kappa shape index (κ2) is 9.98. The van der Waals surface area contributed by atoms with Crippen LogP contribution in [-0.4, -0.2) is 45.8 Å². The fourth-order valence-electron chi connectivity index (χ4n) is 4.49. The Morgan fingerprint density at radius 3 is 2.76 bits per heavy atom. The second-order valence-electron chi connectivity index (χ2n) is 8.68. The summed E-state index contributed by atoms with van der Waals surface area (Å²) in [7, 11) is 1.69. The second-order valence-corrected chi connectivity index (χ2v) is 8.68. The highest BCUT2D eigenvalue weighted by atomic mass is 16.5. The number of ether oxygens (including phenoxy) is 1. The van der Waals surface area contributed by atoms with Crippen molar-refractivity contribution >= 4 is 5.91 Å². The largest absolute Gasteiger partial charge is 0.496 e. The number of amides is 1. The van der Waals surface area contributed by atoms with Crippen molar-refractivity contribution in [1.29, 1.82) is 0 Å². The molecule has 4 rings (SSSR count). The smallest absolute Gasteiger partial charge is 0.267 e. The van der Waals surface area contributed by atoms with Crippen LogP contribution < -0.4 is 10.3 Å². The molecule has 1 saturated heterocycles. The summed E-state index contributed by atoms with van der Waals surface area (Å²) in [6, 6.07) is 15.4. The SMILES string of the molecule is COc1ccccc1Cc1cc(C)nc([C@H]2CCCN(C(=O)Cn3nc(C)ccc3=O)C2)c1. The summed E-state index contributed by atoms with van der Waals surface area (Å²) in [5.41, 5.74) is 4.75. The molecule has 7 heteroatoms. The van der Waals surface area contributed by atoms with Gasteiger partial charge in [0.25, 0.3) is 5.56 Å². The maximum Gasteiger partial charge on any atom is 0.267 e. The molecule has 1 aliphatic heterocycles. The topological polar surface area (TPSA) is 77.3 Å². The van der Waals surface area contributed by atoms with Crippen LogP contribution in [0.25, 0.3) is 0 Å². The van der Waals surface area contributed by atoms with E-state index < -0.39 is 0 Å². The molecule has 2 aromatic heterocycles. The van der Waals surface area contributed by atoms with Crippen molar-refractivity contribution in [1.82, 2.24) is 19.7 Å². The molecule has 0 aliphatic carbocycles. The van der Waals surface area contributed by atoms with Crippen LogP contribution in [0.4, 0.5) is 0 Å². The summed E-state index contributed by atoms with van der Waals surface area (Å²) >= 11 is 0. The van der Waals surface area contributed by atoms with Gasteiger partial charge in [0, 0.05) is 42.9 Å². The molecule has 0 unspecified atom stereocenters. The van der Waals surface area contributed by atoms with E-state index in [4.69, 9.17) is 9.72 Å². The number of aromatic nitrogens is 3. The third-order valence-corrected chi connectivity index (χ3v) is 6.10. The molecule has 7 nitrogen and oxygen atoms in total. The van der Waals surface area contributed by atoms with Crippen LogP contribution in [0.2, 0.25) is 0 Å². The van der Waals surface area contributed by atoms with E-state index in [-0.39, 0.29) is 23.9 Å². The number of methoxy groups -OCH3 is 1. The lowest BCUT2D eigenvalue weighted by molar-refractivity contribution is -0.133. The van der Waals surface area contributed by atoms with Crippen molar-refractivity contribution in [3.05, 3.63) is 87.1 Å².